The minimum absolute atomic E-state index is 0.162. The molecule has 0 bridgehead atoms. The van der Waals surface area contributed by atoms with Crippen LogP contribution in [0.15, 0.2) is 42.5 Å². The van der Waals surface area contributed by atoms with Crippen LogP contribution in [0.4, 0.5) is 0 Å². The van der Waals surface area contributed by atoms with Crippen LogP contribution in [0.25, 0.3) is 0 Å². The molecule has 0 aromatic heterocycles. The van der Waals surface area contributed by atoms with Gasteiger partial charge in [0.15, 0.2) is 0 Å². The summed E-state index contributed by atoms with van der Waals surface area (Å²) in [5.41, 5.74) is 2.84. The first kappa shape index (κ1) is 26.4. The maximum Gasteiger partial charge on any atom is 0.137 e. The van der Waals surface area contributed by atoms with Crippen molar-refractivity contribution >= 4 is 0 Å². The molecule has 0 fully saturated rings. The molecule has 0 aliphatic heterocycles. The van der Waals surface area contributed by atoms with E-state index in [1.807, 2.05) is 30.3 Å². The molecule has 4 heteroatoms. The molecule has 32 heavy (non-hydrogen) atoms. The first-order chi connectivity index (χ1) is 15.0. The van der Waals surface area contributed by atoms with E-state index in [0.717, 1.165) is 29.5 Å². The van der Waals surface area contributed by atoms with E-state index < -0.39 is 31.3 Å². The second-order valence-corrected chi connectivity index (χ2v) is 10.4. The van der Waals surface area contributed by atoms with Crippen LogP contribution < -0.4 is 4.74 Å². The van der Waals surface area contributed by atoms with Gasteiger partial charge in [-0.25, -0.2) is 0 Å². The van der Waals surface area contributed by atoms with Gasteiger partial charge in [0.1, 0.15) is 11.9 Å². The molecule has 0 aliphatic carbocycles. The summed E-state index contributed by atoms with van der Waals surface area (Å²) in [4.78, 5) is 0. The molecule has 0 aliphatic rings. The quantitative estimate of drug-likeness (QED) is 0.433. The fraction of sp³-hybridized carbons (Fsp3) is 0.571. The molecular formula is C28H42O4. The average molecular weight is 443 g/mol. The Bertz CT molecular complexity index is 821. The lowest BCUT2D eigenvalue weighted by molar-refractivity contribution is -0.0753. The summed E-state index contributed by atoms with van der Waals surface area (Å²) >= 11 is 0. The summed E-state index contributed by atoms with van der Waals surface area (Å²) in [5.74, 6) is 0.637. The Hall–Kier alpha value is -1.88. The molecule has 3 N–H and O–H groups in total. The molecule has 1 unspecified atom stereocenters. The molecule has 1 atom stereocenters. The number of hydrogen-bond acceptors (Lipinski definition) is 4. The van der Waals surface area contributed by atoms with Crippen LogP contribution >= 0.6 is 0 Å². The highest BCUT2D eigenvalue weighted by Gasteiger charge is 2.45. The van der Waals surface area contributed by atoms with Gasteiger partial charge >= 0.3 is 0 Å². The topological polar surface area (TPSA) is 69.9 Å². The Balaban J connectivity index is 2.97. The molecular weight excluding hydrogens is 400 g/mol. The predicted octanol–water partition coefficient (Wildman–Crippen LogP) is 5.45. The number of aliphatic hydroxyl groups is 3. The molecule has 0 radical (unpaired) electrons. The minimum Gasteiger partial charge on any atom is -0.485 e. The zero-order valence-corrected chi connectivity index (χ0v) is 20.9. The SMILES string of the molecule is CCC(C)(C)c1cc(C)cc(C(C)(C)CC)c1C(Oc1ccccc1)C(CO)(CO)CO. The van der Waals surface area contributed by atoms with Gasteiger partial charge in [-0.3, -0.25) is 0 Å². The first-order valence-electron chi connectivity index (χ1n) is 11.7. The summed E-state index contributed by atoms with van der Waals surface area (Å²) in [7, 11) is 0. The molecule has 0 spiro atoms. The highest BCUT2D eigenvalue weighted by Crippen LogP contribution is 2.47. The molecule has 0 saturated heterocycles. The Morgan fingerprint density at radius 1 is 0.781 bits per heavy atom. The minimum atomic E-state index is -1.25. The van der Waals surface area contributed by atoms with Gasteiger partial charge in [0.25, 0.3) is 0 Å². The van der Waals surface area contributed by atoms with E-state index in [-0.39, 0.29) is 10.8 Å². The molecule has 0 saturated carbocycles. The third-order valence-electron chi connectivity index (χ3n) is 7.31. The molecule has 0 heterocycles. The third-order valence-corrected chi connectivity index (χ3v) is 7.31. The van der Waals surface area contributed by atoms with Gasteiger partial charge in [-0.15, -0.1) is 0 Å². The number of ether oxygens (including phenoxy) is 1. The fourth-order valence-electron chi connectivity index (χ4n) is 4.10. The number of rotatable bonds is 11. The number of para-hydroxylation sites is 1. The van der Waals surface area contributed by atoms with Crippen molar-refractivity contribution in [2.24, 2.45) is 5.41 Å². The first-order valence-corrected chi connectivity index (χ1v) is 11.7. The van der Waals surface area contributed by atoms with Crippen LogP contribution in [0.5, 0.6) is 5.75 Å². The van der Waals surface area contributed by atoms with Crippen LogP contribution in [-0.4, -0.2) is 35.1 Å². The number of hydrogen-bond donors (Lipinski definition) is 3. The Kier molecular flexibility index (Phi) is 8.55. The van der Waals surface area contributed by atoms with E-state index in [4.69, 9.17) is 4.74 Å². The van der Waals surface area contributed by atoms with Crippen molar-refractivity contribution < 1.29 is 20.1 Å². The fourth-order valence-corrected chi connectivity index (χ4v) is 4.10. The number of aliphatic hydroxyl groups excluding tert-OH is 3. The lowest BCUT2D eigenvalue weighted by atomic mass is 9.67. The molecule has 2 aromatic rings. The van der Waals surface area contributed by atoms with Crippen LogP contribution in [0.2, 0.25) is 0 Å². The third kappa shape index (κ3) is 5.19. The van der Waals surface area contributed by atoms with Crippen molar-refractivity contribution in [2.45, 2.75) is 78.2 Å². The van der Waals surface area contributed by atoms with Crippen molar-refractivity contribution in [1.82, 2.24) is 0 Å². The number of benzene rings is 2. The second kappa shape index (κ2) is 10.4. The Morgan fingerprint density at radius 3 is 1.59 bits per heavy atom. The lowest BCUT2D eigenvalue weighted by Crippen LogP contribution is -2.44. The monoisotopic (exact) mass is 442 g/mol. The van der Waals surface area contributed by atoms with Gasteiger partial charge in [-0.2, -0.15) is 0 Å². The van der Waals surface area contributed by atoms with Gasteiger partial charge in [-0.1, -0.05) is 77.4 Å². The molecule has 2 rings (SSSR count). The smallest absolute Gasteiger partial charge is 0.137 e. The molecule has 0 amide bonds. The van der Waals surface area contributed by atoms with Crippen molar-refractivity contribution in [3.63, 3.8) is 0 Å². The van der Waals surface area contributed by atoms with Gasteiger partial charge in [0.05, 0.1) is 25.2 Å². The summed E-state index contributed by atoms with van der Waals surface area (Å²) in [6, 6.07) is 13.9. The van der Waals surface area contributed by atoms with E-state index in [0.29, 0.717) is 5.75 Å². The van der Waals surface area contributed by atoms with E-state index in [2.05, 4.69) is 60.6 Å². The lowest BCUT2D eigenvalue weighted by Gasteiger charge is -2.43. The summed E-state index contributed by atoms with van der Waals surface area (Å²) in [5, 5.41) is 31.3. The van der Waals surface area contributed by atoms with Crippen molar-refractivity contribution in [3.05, 3.63) is 64.7 Å². The van der Waals surface area contributed by atoms with Gasteiger partial charge in [0.2, 0.25) is 0 Å². The summed E-state index contributed by atoms with van der Waals surface area (Å²) in [6.45, 7) is 14.1. The van der Waals surface area contributed by atoms with Gasteiger partial charge in [0, 0.05) is 5.56 Å². The highest BCUT2D eigenvalue weighted by molar-refractivity contribution is 5.48. The summed E-state index contributed by atoms with van der Waals surface area (Å²) in [6.07, 6.45) is 1.10. The normalized spacial score (nSPS) is 13.8. The van der Waals surface area contributed by atoms with Crippen LogP contribution in [0.1, 0.15) is 82.7 Å². The second-order valence-electron chi connectivity index (χ2n) is 10.4. The van der Waals surface area contributed by atoms with Gasteiger partial charge < -0.3 is 20.1 Å². The Morgan fingerprint density at radius 2 is 1.22 bits per heavy atom. The van der Waals surface area contributed by atoms with Crippen LogP contribution in [-0.2, 0) is 10.8 Å². The Labute approximate surface area is 194 Å². The van der Waals surface area contributed by atoms with E-state index >= 15 is 0 Å². The van der Waals surface area contributed by atoms with E-state index in [9.17, 15) is 15.3 Å². The van der Waals surface area contributed by atoms with Crippen molar-refractivity contribution in [1.29, 1.82) is 0 Å². The largest absolute Gasteiger partial charge is 0.485 e. The summed E-state index contributed by atoms with van der Waals surface area (Å²) < 4.78 is 6.56. The van der Waals surface area contributed by atoms with Crippen molar-refractivity contribution in [3.8, 4) is 5.75 Å². The molecule has 4 nitrogen and oxygen atoms in total. The molecule has 178 valence electrons. The highest BCUT2D eigenvalue weighted by atomic mass is 16.5. The zero-order chi connectivity index (χ0) is 24.2. The van der Waals surface area contributed by atoms with E-state index in [1.54, 1.807) is 0 Å². The average Bonchev–Trinajstić information content (AvgIpc) is 2.80. The van der Waals surface area contributed by atoms with Gasteiger partial charge in [-0.05, 0) is 53.9 Å². The van der Waals surface area contributed by atoms with Crippen LogP contribution in [0.3, 0.4) is 0 Å². The number of aryl methyl sites for hydroxylation is 1. The van der Waals surface area contributed by atoms with E-state index in [1.165, 1.54) is 5.56 Å². The molecule has 2 aromatic carbocycles. The maximum atomic E-state index is 10.4. The van der Waals surface area contributed by atoms with Crippen LogP contribution in [0, 0.1) is 12.3 Å². The predicted molar refractivity (Wildman–Crippen MR) is 131 cm³/mol. The maximum absolute atomic E-state index is 10.4. The zero-order valence-electron chi connectivity index (χ0n) is 20.9. The standard InChI is InChI=1S/C28H42O4/c1-8-26(4,5)22-15-20(3)16-23(27(6,7)9-2)24(22)25(28(17-29,18-30)19-31)32-21-13-11-10-12-14-21/h10-16,25,29-31H,8-9,17-19H2,1-7H3. The van der Waals surface area contributed by atoms with Crippen molar-refractivity contribution in [2.75, 3.05) is 19.8 Å².